The highest BCUT2D eigenvalue weighted by atomic mass is 16.2. The van der Waals surface area contributed by atoms with Crippen molar-refractivity contribution in [2.24, 2.45) is 0 Å². The number of amides is 2. The van der Waals surface area contributed by atoms with Crippen molar-refractivity contribution in [1.82, 2.24) is 15.6 Å². The molecule has 0 saturated carbocycles. The first kappa shape index (κ1) is 27.8. The van der Waals surface area contributed by atoms with Crippen LogP contribution < -0.4 is 10.6 Å². The predicted octanol–water partition coefficient (Wildman–Crippen LogP) is 5.85. The number of carbonyl (C=O) groups excluding carboxylic acids is 2. The van der Waals surface area contributed by atoms with Gasteiger partial charge in [-0.05, 0) is 57.1 Å². The van der Waals surface area contributed by atoms with Crippen LogP contribution in [0, 0.1) is 0 Å². The highest BCUT2D eigenvalue weighted by Crippen LogP contribution is 1.99. The van der Waals surface area contributed by atoms with E-state index < -0.39 is 0 Å². The fourth-order valence-corrected chi connectivity index (χ4v) is 2.81. The second kappa shape index (κ2) is 20.7. The molecule has 0 fully saturated rings. The van der Waals surface area contributed by atoms with Gasteiger partial charge in [-0.25, -0.2) is 0 Å². The van der Waals surface area contributed by atoms with Gasteiger partial charge < -0.3 is 10.6 Å². The lowest BCUT2D eigenvalue weighted by Gasteiger charge is -2.06. The zero-order valence-corrected chi connectivity index (χ0v) is 19.9. The van der Waals surface area contributed by atoms with Crippen molar-refractivity contribution in [3.63, 3.8) is 0 Å². The highest BCUT2D eigenvalue weighted by molar-refractivity contribution is 5.93. The van der Waals surface area contributed by atoms with E-state index in [9.17, 15) is 9.59 Å². The van der Waals surface area contributed by atoms with Gasteiger partial charge in [0.1, 0.15) is 0 Å². The summed E-state index contributed by atoms with van der Waals surface area (Å²) in [6.45, 7) is 2.97. The summed E-state index contributed by atoms with van der Waals surface area (Å²) in [6, 6.07) is 3.42. The Balaban J connectivity index is 1.95. The molecule has 5 nitrogen and oxygen atoms in total. The molecule has 0 radical (unpaired) electrons. The Hall–Kier alpha value is -3.21. The third-order valence-electron chi connectivity index (χ3n) is 4.59. The topological polar surface area (TPSA) is 71.1 Å². The Bertz CT molecular complexity index is 793. The molecule has 0 saturated heterocycles. The van der Waals surface area contributed by atoms with Crippen LogP contribution in [-0.4, -0.2) is 29.9 Å². The van der Waals surface area contributed by atoms with Crippen molar-refractivity contribution in [2.75, 3.05) is 13.1 Å². The number of pyridine rings is 1. The summed E-state index contributed by atoms with van der Waals surface area (Å²) in [5, 5.41) is 5.59. The van der Waals surface area contributed by atoms with Crippen LogP contribution in [0.1, 0.15) is 68.6 Å². The van der Waals surface area contributed by atoms with Crippen molar-refractivity contribution < 1.29 is 9.59 Å². The van der Waals surface area contributed by atoms with E-state index in [0.29, 0.717) is 25.1 Å². The number of unbranched alkanes of at least 4 members (excludes halogenated alkanes) is 1. The maximum absolute atomic E-state index is 11.9. The quantitative estimate of drug-likeness (QED) is 0.231. The molecule has 0 unspecified atom stereocenters. The number of allylic oxidation sites excluding steroid dienone is 10. The van der Waals surface area contributed by atoms with Gasteiger partial charge in [0.2, 0.25) is 5.91 Å². The number of nitrogens with zero attached hydrogens (tertiary/aromatic N) is 1. The smallest absolute Gasteiger partial charge is 0.252 e. The molecule has 0 aliphatic rings. The maximum atomic E-state index is 11.9. The molecule has 1 aromatic heterocycles. The van der Waals surface area contributed by atoms with Gasteiger partial charge in [0.15, 0.2) is 0 Å². The van der Waals surface area contributed by atoms with E-state index in [1.54, 1.807) is 18.3 Å². The average Bonchev–Trinajstić information content (AvgIpc) is 2.84. The molecule has 0 bridgehead atoms. The van der Waals surface area contributed by atoms with Crippen molar-refractivity contribution in [2.45, 2.75) is 58.3 Å². The van der Waals surface area contributed by atoms with Gasteiger partial charge in [-0.15, -0.1) is 0 Å². The Kier molecular flexibility index (Phi) is 17.4. The van der Waals surface area contributed by atoms with Gasteiger partial charge in [-0.1, -0.05) is 67.7 Å². The van der Waals surface area contributed by atoms with Crippen LogP contribution in [0.5, 0.6) is 0 Å². The molecule has 33 heavy (non-hydrogen) atoms. The normalized spacial score (nSPS) is 12.0. The third kappa shape index (κ3) is 17.1. The summed E-state index contributed by atoms with van der Waals surface area (Å²) in [5.41, 5.74) is 0.515. The number of nitrogens with one attached hydrogen (secondary N) is 2. The van der Waals surface area contributed by atoms with Crippen LogP contribution in [0.25, 0.3) is 0 Å². The van der Waals surface area contributed by atoms with Crippen LogP contribution in [0.2, 0.25) is 0 Å². The van der Waals surface area contributed by atoms with E-state index in [1.807, 2.05) is 0 Å². The SMILES string of the molecule is CC/C=C/C/C=C/C/C=C/C/C=C/C/C=C/CCCC(=O)NCCNC(=O)c1cccnc1. The number of hydrogen-bond donors (Lipinski definition) is 2. The number of carbonyl (C=O) groups is 2. The predicted molar refractivity (Wildman–Crippen MR) is 138 cm³/mol. The zero-order chi connectivity index (χ0) is 23.8. The highest BCUT2D eigenvalue weighted by Gasteiger charge is 2.04. The first-order valence-corrected chi connectivity index (χ1v) is 11.9. The molecule has 0 aromatic carbocycles. The van der Waals surface area contributed by atoms with E-state index in [-0.39, 0.29) is 11.8 Å². The van der Waals surface area contributed by atoms with Gasteiger partial charge in [0, 0.05) is 31.9 Å². The monoisotopic (exact) mass is 449 g/mol. The summed E-state index contributed by atoms with van der Waals surface area (Å²) >= 11 is 0. The van der Waals surface area contributed by atoms with Crippen LogP contribution in [0.3, 0.4) is 0 Å². The molecular weight excluding hydrogens is 410 g/mol. The van der Waals surface area contributed by atoms with Crippen LogP contribution in [0.15, 0.2) is 85.3 Å². The summed E-state index contributed by atoms with van der Waals surface area (Å²) in [5.74, 6) is -0.172. The third-order valence-corrected chi connectivity index (χ3v) is 4.59. The van der Waals surface area contributed by atoms with Crippen LogP contribution in [-0.2, 0) is 4.79 Å². The van der Waals surface area contributed by atoms with Gasteiger partial charge in [-0.3, -0.25) is 14.6 Å². The number of aromatic nitrogens is 1. The molecule has 1 rings (SSSR count). The van der Waals surface area contributed by atoms with Crippen molar-refractivity contribution in [1.29, 1.82) is 0 Å². The van der Waals surface area contributed by atoms with Gasteiger partial charge in [0.25, 0.3) is 5.91 Å². The van der Waals surface area contributed by atoms with E-state index >= 15 is 0 Å². The molecular formula is C28H39N3O2. The fraction of sp³-hybridized carbons (Fsp3) is 0.393. The van der Waals surface area contributed by atoms with Gasteiger partial charge >= 0.3 is 0 Å². The molecule has 0 aliphatic heterocycles. The second-order valence-corrected chi connectivity index (χ2v) is 7.45. The first-order valence-electron chi connectivity index (χ1n) is 11.9. The minimum absolute atomic E-state index is 0.0120. The fourth-order valence-electron chi connectivity index (χ4n) is 2.81. The van der Waals surface area contributed by atoms with E-state index in [0.717, 1.165) is 44.9 Å². The maximum Gasteiger partial charge on any atom is 0.252 e. The van der Waals surface area contributed by atoms with Crippen molar-refractivity contribution >= 4 is 11.8 Å². The molecule has 0 spiro atoms. The van der Waals surface area contributed by atoms with E-state index in [2.05, 4.69) is 83.3 Å². The average molecular weight is 450 g/mol. The lowest BCUT2D eigenvalue weighted by molar-refractivity contribution is -0.121. The molecule has 0 atom stereocenters. The molecule has 0 aliphatic carbocycles. The van der Waals surface area contributed by atoms with E-state index in [4.69, 9.17) is 0 Å². The molecule has 1 heterocycles. The second-order valence-electron chi connectivity index (χ2n) is 7.45. The summed E-state index contributed by atoms with van der Waals surface area (Å²) in [6.07, 6.45) is 32.1. The largest absolute Gasteiger partial charge is 0.354 e. The molecule has 2 amide bonds. The Labute approximate surface area is 199 Å². The molecule has 1 aromatic rings. The number of hydrogen-bond acceptors (Lipinski definition) is 3. The lowest BCUT2D eigenvalue weighted by atomic mass is 10.2. The lowest BCUT2D eigenvalue weighted by Crippen LogP contribution is -2.34. The van der Waals surface area contributed by atoms with Crippen LogP contribution >= 0.6 is 0 Å². The van der Waals surface area contributed by atoms with Crippen molar-refractivity contribution in [3.8, 4) is 0 Å². The molecule has 178 valence electrons. The first-order chi connectivity index (χ1) is 16.2. The minimum atomic E-state index is -0.184. The van der Waals surface area contributed by atoms with Gasteiger partial charge in [-0.2, -0.15) is 0 Å². The molecule has 5 heteroatoms. The summed E-state index contributed by atoms with van der Waals surface area (Å²) in [4.78, 5) is 27.6. The summed E-state index contributed by atoms with van der Waals surface area (Å²) in [7, 11) is 0. The Morgan fingerprint density at radius 1 is 0.818 bits per heavy atom. The molecule has 2 N–H and O–H groups in total. The van der Waals surface area contributed by atoms with Crippen LogP contribution in [0.4, 0.5) is 0 Å². The summed E-state index contributed by atoms with van der Waals surface area (Å²) < 4.78 is 0. The zero-order valence-electron chi connectivity index (χ0n) is 19.9. The minimum Gasteiger partial charge on any atom is -0.354 e. The van der Waals surface area contributed by atoms with Crippen molar-refractivity contribution in [3.05, 3.63) is 90.9 Å². The standard InChI is InChI=1S/C28H39N3O2/c1-2-3-4-5-6-7-8-9-10-11-12-13-14-15-16-17-18-21-27(32)30-23-24-31-28(33)26-20-19-22-29-25-26/h3-4,6-7,9-10,12-13,15-16,19-20,22,25H,2,5,8,11,14,17-18,21,23-24H2,1H3,(H,30,32)(H,31,33)/b4-3+,7-6+,10-9+,13-12+,16-15+. The van der Waals surface area contributed by atoms with E-state index in [1.165, 1.54) is 6.20 Å². The number of rotatable bonds is 17. The Morgan fingerprint density at radius 3 is 1.97 bits per heavy atom. The Morgan fingerprint density at radius 2 is 1.39 bits per heavy atom. The van der Waals surface area contributed by atoms with Gasteiger partial charge in [0.05, 0.1) is 5.56 Å².